The number of carbonyl (C=O) groups excluding carboxylic acids is 1. The topological polar surface area (TPSA) is 88.1 Å². The molecule has 3 N–H and O–H groups in total. The van der Waals surface area contributed by atoms with Crippen LogP contribution in [-0.4, -0.2) is 32.2 Å². The smallest absolute Gasteiger partial charge is 0.243 e. The molecule has 13 heavy (non-hydrogen) atoms. The van der Waals surface area contributed by atoms with Crippen molar-refractivity contribution >= 4 is 5.91 Å². The number of amides is 1. The second-order valence-electron chi connectivity index (χ2n) is 2.53. The van der Waals surface area contributed by atoms with E-state index in [1.807, 2.05) is 0 Å². The highest BCUT2D eigenvalue weighted by Crippen LogP contribution is 1.82. The fraction of sp³-hybridized carbons (Fsp3) is 0.750. The van der Waals surface area contributed by atoms with Gasteiger partial charge in [-0.1, -0.05) is 0 Å². The molecule has 0 saturated heterocycles. The SMILES string of the molecule is N#CCCCNCCOCC(N)=O. The zero-order chi connectivity index (χ0) is 9.94. The van der Waals surface area contributed by atoms with Crippen LogP contribution >= 0.6 is 0 Å². The van der Waals surface area contributed by atoms with Crippen LogP contribution in [0.2, 0.25) is 0 Å². The summed E-state index contributed by atoms with van der Waals surface area (Å²) in [6, 6.07) is 2.05. The molecule has 0 rings (SSSR count). The van der Waals surface area contributed by atoms with Crippen LogP contribution in [0.4, 0.5) is 0 Å². The van der Waals surface area contributed by atoms with Crippen molar-refractivity contribution in [2.45, 2.75) is 12.8 Å². The molecule has 0 atom stereocenters. The Balaban J connectivity index is 2.92. The summed E-state index contributed by atoms with van der Waals surface area (Å²) in [5, 5.41) is 11.3. The van der Waals surface area contributed by atoms with Crippen molar-refractivity contribution in [3.8, 4) is 6.07 Å². The summed E-state index contributed by atoms with van der Waals surface area (Å²) in [6.07, 6.45) is 1.40. The van der Waals surface area contributed by atoms with Crippen molar-refractivity contribution in [2.24, 2.45) is 5.73 Å². The monoisotopic (exact) mass is 185 g/mol. The Morgan fingerprint density at radius 1 is 1.54 bits per heavy atom. The first-order valence-electron chi connectivity index (χ1n) is 4.21. The third kappa shape index (κ3) is 10.9. The van der Waals surface area contributed by atoms with Gasteiger partial charge in [-0.3, -0.25) is 4.79 Å². The predicted molar refractivity (Wildman–Crippen MR) is 47.7 cm³/mol. The number of rotatable bonds is 8. The van der Waals surface area contributed by atoms with Gasteiger partial charge in [0.05, 0.1) is 12.7 Å². The molecule has 0 aromatic carbocycles. The number of nitrogens with zero attached hydrogens (tertiary/aromatic N) is 1. The van der Waals surface area contributed by atoms with Gasteiger partial charge >= 0.3 is 0 Å². The summed E-state index contributed by atoms with van der Waals surface area (Å²) in [6.45, 7) is 1.92. The number of nitriles is 1. The van der Waals surface area contributed by atoms with Crippen molar-refractivity contribution in [1.82, 2.24) is 5.32 Å². The molecule has 0 unspecified atom stereocenters. The van der Waals surface area contributed by atoms with Crippen LogP contribution in [0.25, 0.3) is 0 Å². The van der Waals surface area contributed by atoms with Crippen LogP contribution in [0.3, 0.4) is 0 Å². The summed E-state index contributed by atoms with van der Waals surface area (Å²) < 4.78 is 4.90. The molecule has 0 heterocycles. The van der Waals surface area contributed by atoms with Crippen molar-refractivity contribution in [3.63, 3.8) is 0 Å². The first kappa shape index (κ1) is 11.9. The summed E-state index contributed by atoms with van der Waals surface area (Å²) >= 11 is 0. The van der Waals surface area contributed by atoms with Gasteiger partial charge in [-0.15, -0.1) is 0 Å². The maximum absolute atomic E-state index is 10.2. The molecule has 0 bridgehead atoms. The Kier molecular flexibility index (Phi) is 8.20. The van der Waals surface area contributed by atoms with Gasteiger partial charge in [0.1, 0.15) is 6.61 Å². The van der Waals surface area contributed by atoms with E-state index < -0.39 is 5.91 Å². The number of carbonyl (C=O) groups is 1. The van der Waals surface area contributed by atoms with Gasteiger partial charge < -0.3 is 15.8 Å². The van der Waals surface area contributed by atoms with Crippen molar-refractivity contribution in [3.05, 3.63) is 0 Å². The Morgan fingerprint density at radius 2 is 2.31 bits per heavy atom. The van der Waals surface area contributed by atoms with Crippen LogP contribution in [0.5, 0.6) is 0 Å². The normalized spacial score (nSPS) is 9.46. The number of nitrogens with two attached hydrogens (primary N) is 1. The third-order valence-electron chi connectivity index (χ3n) is 1.31. The average Bonchev–Trinajstić information content (AvgIpc) is 2.09. The Labute approximate surface area is 77.9 Å². The summed E-state index contributed by atoms with van der Waals surface area (Å²) in [5.74, 6) is -0.454. The molecule has 0 radical (unpaired) electrons. The number of unbranched alkanes of at least 4 members (excludes halogenated alkanes) is 1. The quantitative estimate of drug-likeness (QED) is 0.493. The molecule has 0 aromatic heterocycles. The third-order valence-corrected chi connectivity index (χ3v) is 1.31. The van der Waals surface area contributed by atoms with Crippen molar-refractivity contribution < 1.29 is 9.53 Å². The Hall–Kier alpha value is -1.12. The van der Waals surface area contributed by atoms with Gasteiger partial charge in [0.2, 0.25) is 5.91 Å². The van der Waals surface area contributed by atoms with Crippen molar-refractivity contribution in [1.29, 1.82) is 5.26 Å². The largest absolute Gasteiger partial charge is 0.370 e. The van der Waals surface area contributed by atoms with Gasteiger partial charge in [0.15, 0.2) is 0 Å². The fourth-order valence-electron chi connectivity index (χ4n) is 0.735. The maximum atomic E-state index is 10.2. The van der Waals surface area contributed by atoms with E-state index in [1.54, 1.807) is 0 Å². The number of nitrogens with one attached hydrogen (secondary N) is 1. The Bertz CT molecular complexity index is 177. The van der Waals surface area contributed by atoms with Crippen LogP contribution < -0.4 is 11.1 Å². The highest BCUT2D eigenvalue weighted by atomic mass is 16.5. The molecule has 0 aliphatic rings. The number of primary amides is 1. The zero-order valence-corrected chi connectivity index (χ0v) is 7.58. The molecular weight excluding hydrogens is 170 g/mol. The molecule has 0 aliphatic carbocycles. The molecule has 0 aromatic rings. The van der Waals surface area contributed by atoms with E-state index in [4.69, 9.17) is 15.7 Å². The highest BCUT2D eigenvalue weighted by Gasteiger charge is 1.92. The molecule has 0 aliphatic heterocycles. The van der Waals surface area contributed by atoms with Crippen LogP contribution in [0.15, 0.2) is 0 Å². The van der Waals surface area contributed by atoms with Crippen LogP contribution in [0.1, 0.15) is 12.8 Å². The average molecular weight is 185 g/mol. The molecule has 5 heteroatoms. The van der Waals surface area contributed by atoms with Crippen LogP contribution in [0, 0.1) is 11.3 Å². The minimum atomic E-state index is -0.454. The van der Waals surface area contributed by atoms with Gasteiger partial charge in [-0.25, -0.2) is 0 Å². The standard InChI is InChI=1S/C8H15N3O2/c9-3-1-2-4-11-5-6-13-7-8(10)12/h11H,1-2,4-7H2,(H2,10,12). The molecule has 1 amide bonds. The lowest BCUT2D eigenvalue weighted by Crippen LogP contribution is -2.24. The molecule has 5 nitrogen and oxygen atoms in total. The predicted octanol–water partition coefficient (Wildman–Crippen LogP) is -0.618. The highest BCUT2D eigenvalue weighted by molar-refractivity contribution is 5.74. The number of hydrogen-bond donors (Lipinski definition) is 2. The second kappa shape index (κ2) is 8.97. The second-order valence-corrected chi connectivity index (χ2v) is 2.53. The molecule has 0 spiro atoms. The van der Waals surface area contributed by atoms with E-state index in [0.717, 1.165) is 13.0 Å². The van der Waals surface area contributed by atoms with E-state index in [-0.39, 0.29) is 6.61 Å². The number of hydrogen-bond acceptors (Lipinski definition) is 4. The first-order valence-corrected chi connectivity index (χ1v) is 4.21. The van der Waals surface area contributed by atoms with Crippen molar-refractivity contribution in [2.75, 3.05) is 26.3 Å². The Morgan fingerprint density at radius 3 is 2.92 bits per heavy atom. The van der Waals surface area contributed by atoms with Crippen LogP contribution in [-0.2, 0) is 9.53 Å². The van der Waals surface area contributed by atoms with E-state index in [0.29, 0.717) is 19.6 Å². The minimum Gasteiger partial charge on any atom is -0.370 e. The molecule has 0 saturated carbocycles. The van der Waals surface area contributed by atoms with E-state index >= 15 is 0 Å². The summed E-state index contributed by atoms with van der Waals surface area (Å²) in [5.41, 5.74) is 4.85. The molecular formula is C8H15N3O2. The van der Waals surface area contributed by atoms with Gasteiger partial charge in [0, 0.05) is 13.0 Å². The lowest BCUT2D eigenvalue weighted by Gasteiger charge is -2.02. The molecule has 0 fully saturated rings. The van der Waals surface area contributed by atoms with E-state index in [2.05, 4.69) is 11.4 Å². The van der Waals surface area contributed by atoms with E-state index in [9.17, 15) is 4.79 Å². The van der Waals surface area contributed by atoms with Gasteiger partial charge in [-0.05, 0) is 13.0 Å². The number of ether oxygens (including phenoxy) is 1. The minimum absolute atomic E-state index is 0.0279. The van der Waals surface area contributed by atoms with Gasteiger partial charge in [0.25, 0.3) is 0 Å². The first-order chi connectivity index (χ1) is 6.27. The zero-order valence-electron chi connectivity index (χ0n) is 7.58. The maximum Gasteiger partial charge on any atom is 0.243 e. The molecule has 74 valence electrons. The summed E-state index contributed by atoms with van der Waals surface area (Å²) in [7, 11) is 0. The fourth-order valence-corrected chi connectivity index (χ4v) is 0.735. The van der Waals surface area contributed by atoms with E-state index in [1.165, 1.54) is 0 Å². The lowest BCUT2D eigenvalue weighted by molar-refractivity contribution is -0.122. The lowest BCUT2D eigenvalue weighted by atomic mass is 10.3. The van der Waals surface area contributed by atoms with Gasteiger partial charge in [-0.2, -0.15) is 5.26 Å². The summed E-state index contributed by atoms with van der Waals surface area (Å²) in [4.78, 5) is 10.2.